The van der Waals surface area contributed by atoms with Gasteiger partial charge in [-0.25, -0.2) is 4.98 Å². The first-order valence-corrected chi connectivity index (χ1v) is 6.74. The van der Waals surface area contributed by atoms with Gasteiger partial charge < -0.3 is 10.4 Å². The van der Waals surface area contributed by atoms with Crippen molar-refractivity contribution in [2.75, 3.05) is 0 Å². The van der Waals surface area contributed by atoms with Gasteiger partial charge in [-0.15, -0.1) is 0 Å². The SMILES string of the molecule is CC(NC(=O)Cc1nc(-c2ccccc2)ns1)C(=O)O. The molecule has 0 aliphatic rings. The van der Waals surface area contributed by atoms with Gasteiger partial charge in [0.05, 0.1) is 6.42 Å². The minimum atomic E-state index is -1.07. The maximum Gasteiger partial charge on any atom is 0.325 e. The number of carboxylic acid groups (broad SMARTS) is 1. The largest absolute Gasteiger partial charge is 0.480 e. The molecule has 2 N–H and O–H groups in total. The Morgan fingerprint density at radius 1 is 1.35 bits per heavy atom. The Bertz CT molecular complexity index is 612. The number of aliphatic carboxylic acids is 1. The van der Waals surface area contributed by atoms with Gasteiger partial charge in [0.15, 0.2) is 5.82 Å². The van der Waals surface area contributed by atoms with E-state index in [9.17, 15) is 9.59 Å². The molecule has 2 rings (SSSR count). The second-order valence-corrected chi connectivity index (χ2v) is 5.02. The first-order chi connectivity index (χ1) is 9.56. The molecule has 0 aliphatic carbocycles. The molecular formula is C13H13N3O3S. The van der Waals surface area contributed by atoms with Crippen LogP contribution in [0.1, 0.15) is 11.9 Å². The van der Waals surface area contributed by atoms with Crippen LogP contribution < -0.4 is 5.32 Å². The summed E-state index contributed by atoms with van der Waals surface area (Å²) >= 11 is 1.14. The summed E-state index contributed by atoms with van der Waals surface area (Å²) in [6.45, 7) is 1.41. The predicted molar refractivity (Wildman–Crippen MR) is 74.3 cm³/mol. The summed E-state index contributed by atoms with van der Waals surface area (Å²) in [4.78, 5) is 26.5. The summed E-state index contributed by atoms with van der Waals surface area (Å²) in [5, 5.41) is 11.6. The monoisotopic (exact) mass is 291 g/mol. The topological polar surface area (TPSA) is 92.2 Å². The summed E-state index contributed by atoms with van der Waals surface area (Å²) in [5.41, 5.74) is 0.884. The van der Waals surface area contributed by atoms with Gasteiger partial charge in [-0.05, 0) is 18.5 Å². The van der Waals surface area contributed by atoms with Crippen molar-refractivity contribution >= 4 is 23.4 Å². The van der Waals surface area contributed by atoms with Crippen molar-refractivity contribution in [2.24, 2.45) is 0 Å². The molecule has 0 spiro atoms. The Hall–Kier alpha value is -2.28. The number of hydrogen-bond acceptors (Lipinski definition) is 5. The van der Waals surface area contributed by atoms with Crippen LogP contribution in [0.5, 0.6) is 0 Å². The molecular weight excluding hydrogens is 278 g/mol. The van der Waals surface area contributed by atoms with Crippen LogP contribution >= 0.6 is 11.5 Å². The quantitative estimate of drug-likeness (QED) is 0.867. The molecule has 0 radical (unpaired) electrons. The summed E-state index contributed by atoms with van der Waals surface area (Å²) in [5.74, 6) is -0.874. The minimum Gasteiger partial charge on any atom is -0.480 e. The van der Waals surface area contributed by atoms with E-state index in [1.165, 1.54) is 6.92 Å². The lowest BCUT2D eigenvalue weighted by atomic mass is 10.2. The summed E-state index contributed by atoms with van der Waals surface area (Å²) < 4.78 is 4.19. The molecule has 20 heavy (non-hydrogen) atoms. The van der Waals surface area contributed by atoms with Crippen LogP contribution in [-0.2, 0) is 16.0 Å². The van der Waals surface area contributed by atoms with Crippen molar-refractivity contribution in [3.05, 3.63) is 35.3 Å². The zero-order valence-electron chi connectivity index (χ0n) is 10.7. The highest BCUT2D eigenvalue weighted by Crippen LogP contribution is 2.17. The second-order valence-electron chi connectivity index (χ2n) is 4.18. The molecule has 1 amide bonds. The molecule has 0 fully saturated rings. The van der Waals surface area contributed by atoms with Crippen LogP contribution in [0.3, 0.4) is 0 Å². The van der Waals surface area contributed by atoms with E-state index in [2.05, 4.69) is 14.7 Å². The molecule has 6 nitrogen and oxygen atoms in total. The van der Waals surface area contributed by atoms with Gasteiger partial charge in [0.1, 0.15) is 11.0 Å². The fourth-order valence-corrected chi connectivity index (χ4v) is 2.18. The van der Waals surface area contributed by atoms with E-state index < -0.39 is 12.0 Å². The highest BCUT2D eigenvalue weighted by molar-refractivity contribution is 7.05. The average Bonchev–Trinajstić information content (AvgIpc) is 2.88. The van der Waals surface area contributed by atoms with Crippen molar-refractivity contribution in [2.45, 2.75) is 19.4 Å². The van der Waals surface area contributed by atoms with Crippen LogP contribution in [-0.4, -0.2) is 32.4 Å². The normalized spacial score (nSPS) is 11.8. The highest BCUT2D eigenvalue weighted by atomic mass is 32.1. The highest BCUT2D eigenvalue weighted by Gasteiger charge is 2.16. The Kier molecular flexibility index (Phi) is 4.41. The van der Waals surface area contributed by atoms with Gasteiger partial charge in [-0.3, -0.25) is 9.59 Å². The number of carboxylic acids is 1. The van der Waals surface area contributed by atoms with Gasteiger partial charge in [-0.1, -0.05) is 30.3 Å². The zero-order valence-corrected chi connectivity index (χ0v) is 11.6. The predicted octanol–water partition coefficient (Wildman–Crippen LogP) is 1.34. The van der Waals surface area contributed by atoms with Crippen LogP contribution in [0.4, 0.5) is 0 Å². The fraction of sp³-hybridized carbons (Fsp3) is 0.231. The Labute approximate surface area is 119 Å². The van der Waals surface area contributed by atoms with Crippen LogP contribution in [0.2, 0.25) is 0 Å². The van der Waals surface area contributed by atoms with Crippen molar-refractivity contribution < 1.29 is 14.7 Å². The molecule has 7 heteroatoms. The molecule has 0 saturated heterocycles. The molecule has 2 aromatic rings. The van der Waals surface area contributed by atoms with Crippen molar-refractivity contribution in [3.8, 4) is 11.4 Å². The average molecular weight is 291 g/mol. The number of amides is 1. The number of benzene rings is 1. The number of carbonyl (C=O) groups is 2. The second kappa shape index (κ2) is 6.25. The third-order valence-corrected chi connectivity index (χ3v) is 3.27. The van der Waals surface area contributed by atoms with Gasteiger partial charge in [-0.2, -0.15) is 4.37 Å². The minimum absolute atomic E-state index is 0.0299. The standard InChI is InChI=1S/C13H13N3O3S/c1-8(13(18)19)14-10(17)7-11-15-12(16-20-11)9-5-3-2-4-6-9/h2-6,8H,7H2,1H3,(H,14,17)(H,18,19). The lowest BCUT2D eigenvalue weighted by Gasteiger charge is -2.07. The number of nitrogens with one attached hydrogen (secondary N) is 1. The summed E-state index contributed by atoms with van der Waals surface area (Å²) in [7, 11) is 0. The number of aromatic nitrogens is 2. The van der Waals surface area contributed by atoms with E-state index in [0.29, 0.717) is 10.8 Å². The Balaban J connectivity index is 2.00. The van der Waals surface area contributed by atoms with Crippen molar-refractivity contribution in [3.63, 3.8) is 0 Å². The molecule has 1 atom stereocenters. The summed E-state index contributed by atoms with van der Waals surface area (Å²) in [6, 6.07) is 8.53. The number of nitrogens with zero attached hydrogens (tertiary/aromatic N) is 2. The number of hydrogen-bond donors (Lipinski definition) is 2. The third-order valence-electron chi connectivity index (χ3n) is 2.56. The zero-order chi connectivity index (χ0) is 14.5. The van der Waals surface area contributed by atoms with Crippen LogP contribution in [0.15, 0.2) is 30.3 Å². The van der Waals surface area contributed by atoms with Gasteiger partial charge >= 0.3 is 5.97 Å². The van der Waals surface area contributed by atoms with Crippen molar-refractivity contribution in [1.82, 2.24) is 14.7 Å². The van der Waals surface area contributed by atoms with E-state index in [4.69, 9.17) is 5.11 Å². The van der Waals surface area contributed by atoms with Crippen LogP contribution in [0.25, 0.3) is 11.4 Å². The fourth-order valence-electron chi connectivity index (χ4n) is 1.52. The maximum absolute atomic E-state index is 11.6. The summed E-state index contributed by atoms with van der Waals surface area (Å²) in [6.07, 6.45) is 0.0299. The molecule has 1 aromatic carbocycles. The number of rotatable bonds is 5. The van der Waals surface area contributed by atoms with E-state index in [0.717, 1.165) is 17.1 Å². The molecule has 0 bridgehead atoms. The lowest BCUT2D eigenvalue weighted by Crippen LogP contribution is -2.39. The van der Waals surface area contributed by atoms with E-state index in [1.807, 2.05) is 30.3 Å². The molecule has 1 aromatic heterocycles. The van der Waals surface area contributed by atoms with Gasteiger partial charge in [0, 0.05) is 5.56 Å². The molecule has 1 heterocycles. The Morgan fingerprint density at radius 2 is 2.05 bits per heavy atom. The smallest absolute Gasteiger partial charge is 0.325 e. The maximum atomic E-state index is 11.6. The van der Waals surface area contributed by atoms with E-state index in [-0.39, 0.29) is 12.3 Å². The van der Waals surface area contributed by atoms with E-state index in [1.54, 1.807) is 0 Å². The Morgan fingerprint density at radius 3 is 2.70 bits per heavy atom. The van der Waals surface area contributed by atoms with E-state index >= 15 is 0 Å². The molecule has 104 valence electrons. The first-order valence-electron chi connectivity index (χ1n) is 5.96. The molecule has 1 unspecified atom stereocenters. The molecule has 0 saturated carbocycles. The van der Waals surface area contributed by atoms with Crippen molar-refractivity contribution in [1.29, 1.82) is 0 Å². The van der Waals surface area contributed by atoms with Gasteiger partial charge in [0.2, 0.25) is 5.91 Å². The lowest BCUT2D eigenvalue weighted by molar-refractivity contribution is -0.141. The van der Waals surface area contributed by atoms with Gasteiger partial charge in [0.25, 0.3) is 0 Å². The number of carbonyl (C=O) groups excluding carboxylic acids is 1. The molecule has 0 aliphatic heterocycles. The first kappa shape index (κ1) is 14.1. The third kappa shape index (κ3) is 3.61. The van der Waals surface area contributed by atoms with Crippen LogP contribution in [0, 0.1) is 0 Å².